The molecule has 0 unspecified atom stereocenters. The Morgan fingerprint density at radius 1 is 0.909 bits per heavy atom. The van der Waals surface area contributed by atoms with E-state index >= 15 is 0 Å². The summed E-state index contributed by atoms with van der Waals surface area (Å²) in [5, 5.41) is 0. The van der Waals surface area contributed by atoms with E-state index in [1.807, 2.05) is 13.8 Å². The summed E-state index contributed by atoms with van der Waals surface area (Å²) < 4.78 is 0. The van der Waals surface area contributed by atoms with Gasteiger partial charge in [-0.1, -0.05) is 34.1 Å². The van der Waals surface area contributed by atoms with E-state index in [-0.39, 0.29) is 32.7 Å². The van der Waals surface area contributed by atoms with Crippen molar-refractivity contribution in [1.29, 1.82) is 0 Å². The average Bonchev–Trinajstić information content (AvgIpc) is 1.96. The van der Waals surface area contributed by atoms with Crippen LogP contribution in [0.3, 0.4) is 0 Å². The first-order chi connectivity index (χ1) is 4.83. The van der Waals surface area contributed by atoms with Crippen LogP contribution in [-0.4, -0.2) is 0 Å². The number of unbranched alkanes of at least 4 members (excludes halogenated alkanes) is 2. The molecule has 0 bridgehead atoms. The summed E-state index contributed by atoms with van der Waals surface area (Å²) in [4.78, 5) is 0. The van der Waals surface area contributed by atoms with Crippen LogP contribution in [0.1, 0.15) is 53.4 Å². The van der Waals surface area contributed by atoms with Crippen molar-refractivity contribution in [3.63, 3.8) is 0 Å². The molecular formula is C10H24Y-2. The molecular weight excluding hydrogens is 209 g/mol. The van der Waals surface area contributed by atoms with Gasteiger partial charge in [-0.3, -0.25) is 0 Å². The second-order valence-corrected chi connectivity index (χ2v) is 1.77. The molecule has 1 heteroatoms. The Bertz CT molecular complexity index is 18.8. The van der Waals surface area contributed by atoms with Gasteiger partial charge in [-0.15, -0.1) is 6.42 Å². The zero-order chi connectivity index (χ0) is 8.83. The van der Waals surface area contributed by atoms with Gasteiger partial charge in [-0.2, -0.15) is 12.8 Å². The van der Waals surface area contributed by atoms with Gasteiger partial charge in [0.1, 0.15) is 0 Å². The van der Waals surface area contributed by atoms with E-state index in [1.54, 1.807) is 0 Å². The summed E-state index contributed by atoms with van der Waals surface area (Å²) in [5.41, 5.74) is 0. The Labute approximate surface area is 99.4 Å². The first-order valence-electron chi connectivity index (χ1n) is 4.41. The first kappa shape index (κ1) is 22.7. The van der Waals surface area contributed by atoms with E-state index in [1.165, 1.54) is 12.8 Å². The summed E-state index contributed by atoms with van der Waals surface area (Å²) in [5.74, 6) is 0. The van der Waals surface area contributed by atoms with Crippen LogP contribution < -0.4 is 0 Å². The molecule has 0 fully saturated rings. The van der Waals surface area contributed by atoms with Crippen molar-refractivity contribution in [3.8, 4) is 0 Å². The molecule has 0 aromatic carbocycles. The monoisotopic (exact) mass is 233 g/mol. The van der Waals surface area contributed by atoms with Crippen LogP contribution in [0.2, 0.25) is 0 Å². The minimum absolute atomic E-state index is 0. The smallest absolute Gasteiger partial charge is 0 e. The van der Waals surface area contributed by atoms with Crippen molar-refractivity contribution in [3.05, 3.63) is 13.8 Å². The molecule has 0 N–H and O–H groups in total. The number of hydrogen-bond acceptors (Lipinski definition) is 0. The summed E-state index contributed by atoms with van der Waals surface area (Å²) in [6.07, 6.45) is 4.48. The Morgan fingerprint density at radius 2 is 1.09 bits per heavy atom. The van der Waals surface area contributed by atoms with E-state index in [0.29, 0.717) is 0 Å². The van der Waals surface area contributed by atoms with E-state index in [9.17, 15) is 0 Å². The Kier molecular flexibility index (Phi) is 89.9. The molecule has 0 aromatic rings. The molecule has 0 aliphatic heterocycles. The van der Waals surface area contributed by atoms with Crippen molar-refractivity contribution in [2.75, 3.05) is 0 Å². The minimum Gasteiger partial charge on any atom is -0.343 e. The summed E-state index contributed by atoms with van der Waals surface area (Å²) in [6, 6.07) is 0. The zero-order valence-corrected chi connectivity index (χ0v) is 11.7. The fourth-order valence-electron chi connectivity index (χ4n) is 0.177. The third-order valence-electron chi connectivity index (χ3n) is 0.500. The molecule has 0 aromatic heterocycles. The van der Waals surface area contributed by atoms with E-state index in [4.69, 9.17) is 0 Å². The molecule has 11 heavy (non-hydrogen) atoms. The van der Waals surface area contributed by atoms with Gasteiger partial charge in [-0.05, 0) is 0 Å². The fourth-order valence-corrected chi connectivity index (χ4v) is 0.177. The van der Waals surface area contributed by atoms with Crippen LogP contribution in [0, 0.1) is 13.8 Å². The molecule has 69 valence electrons. The van der Waals surface area contributed by atoms with Gasteiger partial charge in [0.2, 0.25) is 0 Å². The van der Waals surface area contributed by atoms with Crippen LogP contribution in [0.5, 0.6) is 0 Å². The normalized spacial score (nSPS) is 6.00. The van der Waals surface area contributed by atoms with Gasteiger partial charge < -0.3 is 13.8 Å². The van der Waals surface area contributed by atoms with Crippen LogP contribution in [0.25, 0.3) is 0 Å². The largest absolute Gasteiger partial charge is 0.343 e. The molecule has 0 saturated carbocycles. The van der Waals surface area contributed by atoms with Gasteiger partial charge in [0.15, 0.2) is 0 Å². The summed E-state index contributed by atoms with van der Waals surface area (Å²) in [6.45, 7) is 15.5. The van der Waals surface area contributed by atoms with Crippen LogP contribution in [-0.2, 0) is 32.7 Å². The second-order valence-electron chi connectivity index (χ2n) is 1.77. The van der Waals surface area contributed by atoms with Gasteiger partial charge in [0.25, 0.3) is 0 Å². The summed E-state index contributed by atoms with van der Waals surface area (Å²) >= 11 is 0. The Hall–Kier alpha value is 1.10. The van der Waals surface area contributed by atoms with Crippen molar-refractivity contribution >= 4 is 0 Å². The third kappa shape index (κ3) is 95.5. The maximum Gasteiger partial charge on any atom is 0 e. The van der Waals surface area contributed by atoms with Gasteiger partial charge in [-0.25, -0.2) is 0 Å². The SMILES string of the molecule is CC.CCC.[CH2-]CCC[CH2-].[Y]. The molecule has 0 saturated heterocycles. The third-order valence-corrected chi connectivity index (χ3v) is 0.500. The number of hydrogen-bond donors (Lipinski definition) is 0. The maximum atomic E-state index is 3.64. The molecule has 0 atom stereocenters. The Balaban J connectivity index is -0.0000000360. The van der Waals surface area contributed by atoms with Crippen LogP contribution >= 0.6 is 0 Å². The molecule has 0 nitrogen and oxygen atoms in total. The van der Waals surface area contributed by atoms with Crippen molar-refractivity contribution < 1.29 is 32.7 Å². The second kappa shape index (κ2) is 43.5. The van der Waals surface area contributed by atoms with Crippen LogP contribution in [0.15, 0.2) is 0 Å². The predicted molar refractivity (Wildman–Crippen MR) is 51.9 cm³/mol. The fraction of sp³-hybridized carbons (Fsp3) is 0.800. The first-order valence-corrected chi connectivity index (χ1v) is 4.41. The van der Waals surface area contributed by atoms with Crippen molar-refractivity contribution in [1.82, 2.24) is 0 Å². The average molecular weight is 233 g/mol. The minimum atomic E-state index is 0. The topological polar surface area (TPSA) is 0 Å². The Morgan fingerprint density at radius 3 is 1.09 bits per heavy atom. The molecule has 0 amide bonds. The van der Waals surface area contributed by atoms with E-state index < -0.39 is 0 Å². The maximum absolute atomic E-state index is 3.64. The van der Waals surface area contributed by atoms with E-state index in [0.717, 1.165) is 12.8 Å². The molecule has 0 aliphatic rings. The standard InChI is InChI=1S/C5H10.C3H8.C2H6.Y/c1-3-5-4-2;1-3-2;1-2;/h1-5H2;3H2,1-2H3;1-2H3;/q-2;;;. The summed E-state index contributed by atoms with van der Waals surface area (Å²) in [7, 11) is 0. The number of rotatable bonds is 2. The molecule has 1 radical (unpaired) electrons. The van der Waals surface area contributed by atoms with Gasteiger partial charge in [0, 0.05) is 32.7 Å². The quantitative estimate of drug-likeness (QED) is 0.625. The van der Waals surface area contributed by atoms with Gasteiger partial charge in [0.05, 0.1) is 0 Å². The van der Waals surface area contributed by atoms with Crippen molar-refractivity contribution in [2.45, 2.75) is 53.4 Å². The molecule has 0 rings (SSSR count). The van der Waals surface area contributed by atoms with Crippen LogP contribution in [0.4, 0.5) is 0 Å². The van der Waals surface area contributed by atoms with E-state index in [2.05, 4.69) is 27.7 Å². The molecule has 0 spiro atoms. The van der Waals surface area contributed by atoms with Gasteiger partial charge >= 0.3 is 0 Å². The van der Waals surface area contributed by atoms with Crippen molar-refractivity contribution in [2.24, 2.45) is 0 Å². The predicted octanol–water partition coefficient (Wildman–Crippen LogP) is 4.26. The molecule has 0 aliphatic carbocycles. The zero-order valence-electron chi connectivity index (χ0n) is 8.82. The molecule has 0 heterocycles.